The summed E-state index contributed by atoms with van der Waals surface area (Å²) in [5.41, 5.74) is 1.09. The number of rotatable bonds is 8. The predicted molar refractivity (Wildman–Crippen MR) is 135 cm³/mol. The normalized spacial score (nSPS) is 17.4. The van der Waals surface area contributed by atoms with E-state index >= 15 is 0 Å². The smallest absolute Gasteiger partial charge is 0.302 e. The second-order valence-electron chi connectivity index (χ2n) is 8.23. The van der Waals surface area contributed by atoms with Gasteiger partial charge < -0.3 is 14.3 Å². The van der Waals surface area contributed by atoms with Crippen LogP contribution < -0.4 is 9.64 Å². The fourth-order valence-electron chi connectivity index (χ4n) is 4.12. The number of furan rings is 1. The number of aliphatic hydroxyl groups is 1. The zero-order chi connectivity index (χ0) is 24.4. The molecule has 5 rings (SSSR count). The van der Waals surface area contributed by atoms with E-state index in [-0.39, 0.29) is 11.3 Å². The van der Waals surface area contributed by atoms with Gasteiger partial charge in [0.25, 0.3) is 5.78 Å². The van der Waals surface area contributed by atoms with Gasteiger partial charge in [0.2, 0.25) is 0 Å². The van der Waals surface area contributed by atoms with E-state index in [2.05, 4.69) is 11.9 Å². The summed E-state index contributed by atoms with van der Waals surface area (Å²) in [6.07, 6.45) is 4.65. The number of Topliss-reactive ketones (excluding diaryl/α,β-unsaturated/α-hetero) is 1. The lowest BCUT2D eigenvalue weighted by Gasteiger charge is -2.20. The number of aromatic nitrogens is 1. The number of para-hydroxylation sites is 1. The first-order chi connectivity index (χ1) is 17.1. The molecule has 1 N–H and O–H groups in total. The highest BCUT2D eigenvalue weighted by atomic mass is 32.1. The summed E-state index contributed by atoms with van der Waals surface area (Å²) in [5.74, 6) is -0.784. The van der Waals surface area contributed by atoms with Crippen LogP contribution in [0.1, 0.15) is 43.6 Å². The second kappa shape index (κ2) is 9.76. The van der Waals surface area contributed by atoms with Crippen LogP contribution in [0.3, 0.4) is 0 Å². The lowest BCUT2D eigenvalue weighted by molar-refractivity contribution is -0.132. The van der Waals surface area contributed by atoms with Crippen LogP contribution in [0.4, 0.5) is 5.13 Å². The summed E-state index contributed by atoms with van der Waals surface area (Å²) in [6.45, 7) is 2.75. The van der Waals surface area contributed by atoms with Crippen molar-refractivity contribution in [3.8, 4) is 5.75 Å². The third kappa shape index (κ3) is 4.33. The Balaban J connectivity index is 1.53. The molecule has 1 unspecified atom stereocenters. The van der Waals surface area contributed by atoms with Crippen molar-refractivity contribution in [1.29, 1.82) is 0 Å². The van der Waals surface area contributed by atoms with Crippen LogP contribution >= 0.6 is 11.3 Å². The molecule has 0 saturated carbocycles. The van der Waals surface area contributed by atoms with E-state index in [0.29, 0.717) is 28.8 Å². The molecule has 1 atom stereocenters. The molecular weight excluding hydrogens is 464 g/mol. The highest BCUT2D eigenvalue weighted by molar-refractivity contribution is 7.22. The van der Waals surface area contributed by atoms with Gasteiger partial charge in [-0.2, -0.15) is 0 Å². The highest BCUT2D eigenvalue weighted by Gasteiger charge is 2.49. The van der Waals surface area contributed by atoms with Crippen molar-refractivity contribution in [2.24, 2.45) is 0 Å². The van der Waals surface area contributed by atoms with Gasteiger partial charge in [-0.25, -0.2) is 4.98 Å². The van der Waals surface area contributed by atoms with Crippen LogP contribution in [0.25, 0.3) is 16.0 Å². The summed E-state index contributed by atoms with van der Waals surface area (Å²) in [6, 6.07) is 16.8. The molecule has 1 aliphatic rings. The van der Waals surface area contributed by atoms with Crippen molar-refractivity contribution in [2.75, 3.05) is 11.5 Å². The Kier molecular flexibility index (Phi) is 6.37. The molecule has 1 saturated heterocycles. The molecule has 0 radical (unpaired) electrons. The van der Waals surface area contributed by atoms with E-state index in [0.717, 1.165) is 29.5 Å². The number of thiazole rings is 1. The fourth-order valence-corrected chi connectivity index (χ4v) is 5.11. The van der Waals surface area contributed by atoms with Crippen molar-refractivity contribution in [1.82, 2.24) is 4.98 Å². The topological polar surface area (TPSA) is 92.9 Å². The molecule has 35 heavy (non-hydrogen) atoms. The molecule has 0 aliphatic carbocycles. The minimum atomic E-state index is -0.935. The first-order valence-corrected chi connectivity index (χ1v) is 12.3. The number of unbranched alkanes of at least 4 members (excludes halogenated alkanes) is 2. The van der Waals surface area contributed by atoms with Gasteiger partial charge in [0.15, 0.2) is 5.13 Å². The second-order valence-corrected chi connectivity index (χ2v) is 9.24. The number of ketones is 1. The third-order valence-corrected chi connectivity index (χ3v) is 6.93. The van der Waals surface area contributed by atoms with Crippen molar-refractivity contribution < 1.29 is 23.8 Å². The summed E-state index contributed by atoms with van der Waals surface area (Å²) >= 11 is 1.30. The molecular formula is C27H24N2O5S. The van der Waals surface area contributed by atoms with Crippen molar-refractivity contribution >= 4 is 44.1 Å². The quantitative estimate of drug-likeness (QED) is 0.140. The van der Waals surface area contributed by atoms with E-state index in [1.54, 1.807) is 36.4 Å². The molecule has 1 fully saturated rings. The monoisotopic (exact) mass is 488 g/mol. The molecule has 4 aromatic rings. The zero-order valence-electron chi connectivity index (χ0n) is 19.1. The van der Waals surface area contributed by atoms with Crippen molar-refractivity contribution in [2.45, 2.75) is 32.2 Å². The lowest BCUT2D eigenvalue weighted by Crippen LogP contribution is -2.29. The fraction of sp³-hybridized carbons (Fsp3) is 0.222. The molecule has 0 bridgehead atoms. The van der Waals surface area contributed by atoms with Crippen LogP contribution in [0.2, 0.25) is 0 Å². The molecule has 8 heteroatoms. The molecule has 178 valence electrons. The average molecular weight is 489 g/mol. The Morgan fingerprint density at radius 3 is 2.60 bits per heavy atom. The molecule has 3 heterocycles. The van der Waals surface area contributed by atoms with Crippen LogP contribution in [0.5, 0.6) is 5.75 Å². The van der Waals surface area contributed by atoms with E-state index < -0.39 is 17.7 Å². The molecule has 1 aliphatic heterocycles. The maximum atomic E-state index is 13.2. The van der Waals surface area contributed by atoms with Gasteiger partial charge in [-0.05, 0) is 55.0 Å². The average Bonchev–Trinajstić information content (AvgIpc) is 3.60. The molecule has 7 nitrogen and oxygen atoms in total. The Morgan fingerprint density at radius 2 is 1.89 bits per heavy atom. The standard InChI is InChI=1S/C27H24N2O5S/c1-2-3-6-15-33-18-13-11-17(12-14-18)24(30)22-23(20-9-7-16-34-20)29(26(32)25(22)31)27-28-19-8-4-5-10-21(19)35-27/h4-5,7-14,16,23,30H,2-3,6,15H2,1H3/b24-22+. The van der Waals surface area contributed by atoms with Crippen LogP contribution in [0.15, 0.2) is 76.9 Å². The first kappa shape index (κ1) is 22.9. The first-order valence-electron chi connectivity index (χ1n) is 11.5. The maximum absolute atomic E-state index is 13.2. The Labute approximate surface area is 206 Å². The number of hydrogen-bond donors (Lipinski definition) is 1. The van der Waals surface area contributed by atoms with Gasteiger partial charge in [0.05, 0.1) is 28.7 Å². The molecule has 2 aromatic heterocycles. The number of fused-ring (bicyclic) bond motifs is 1. The largest absolute Gasteiger partial charge is 0.507 e. The van der Waals surface area contributed by atoms with Crippen molar-refractivity contribution in [3.63, 3.8) is 0 Å². The van der Waals surface area contributed by atoms with Crippen LogP contribution in [-0.4, -0.2) is 28.4 Å². The molecule has 1 amide bonds. The van der Waals surface area contributed by atoms with Gasteiger partial charge in [-0.15, -0.1) is 0 Å². The van der Waals surface area contributed by atoms with Gasteiger partial charge in [-0.3, -0.25) is 14.5 Å². The minimum Gasteiger partial charge on any atom is -0.507 e. The zero-order valence-corrected chi connectivity index (χ0v) is 20.0. The number of carbonyl (C=O) groups is 2. The number of carbonyl (C=O) groups excluding carboxylic acids is 2. The number of benzene rings is 2. The molecule has 2 aromatic carbocycles. The highest BCUT2D eigenvalue weighted by Crippen LogP contribution is 2.44. The van der Waals surface area contributed by atoms with Gasteiger partial charge in [0.1, 0.15) is 23.3 Å². The van der Waals surface area contributed by atoms with E-state index in [1.165, 1.54) is 22.5 Å². The summed E-state index contributed by atoms with van der Waals surface area (Å²) in [5, 5.41) is 11.6. The number of nitrogens with zero attached hydrogens (tertiary/aromatic N) is 2. The van der Waals surface area contributed by atoms with Crippen molar-refractivity contribution in [3.05, 3.63) is 83.8 Å². The van der Waals surface area contributed by atoms with E-state index in [1.807, 2.05) is 24.3 Å². The number of anilines is 1. The Hall–Kier alpha value is -3.91. The van der Waals surface area contributed by atoms with Gasteiger partial charge in [-0.1, -0.05) is 43.2 Å². The van der Waals surface area contributed by atoms with Crippen LogP contribution in [0, 0.1) is 0 Å². The summed E-state index contributed by atoms with van der Waals surface area (Å²) < 4.78 is 12.2. The minimum absolute atomic E-state index is 0.0409. The predicted octanol–water partition coefficient (Wildman–Crippen LogP) is 6.08. The number of hydrogen-bond acceptors (Lipinski definition) is 7. The number of amides is 1. The lowest BCUT2D eigenvalue weighted by atomic mass is 9.99. The Bertz CT molecular complexity index is 1360. The van der Waals surface area contributed by atoms with E-state index in [9.17, 15) is 14.7 Å². The van der Waals surface area contributed by atoms with Gasteiger partial charge in [0, 0.05) is 5.56 Å². The maximum Gasteiger partial charge on any atom is 0.302 e. The summed E-state index contributed by atoms with van der Waals surface area (Å²) in [4.78, 5) is 32.3. The SMILES string of the molecule is CCCCCOc1ccc(/C(O)=C2\C(=O)C(=O)N(c3nc4ccccc4s3)C2c2ccco2)cc1. The third-order valence-electron chi connectivity index (χ3n) is 5.89. The number of aliphatic hydroxyl groups excluding tert-OH is 1. The Morgan fingerprint density at radius 1 is 1.09 bits per heavy atom. The van der Waals surface area contributed by atoms with E-state index in [4.69, 9.17) is 9.15 Å². The number of ether oxygens (including phenoxy) is 1. The molecule has 0 spiro atoms. The summed E-state index contributed by atoms with van der Waals surface area (Å²) in [7, 11) is 0. The van der Waals surface area contributed by atoms with Crippen LogP contribution in [-0.2, 0) is 9.59 Å². The van der Waals surface area contributed by atoms with Gasteiger partial charge >= 0.3 is 5.91 Å².